The number of aromatic nitrogens is 2. The van der Waals surface area contributed by atoms with Gasteiger partial charge < -0.3 is 10.3 Å². The number of amides is 1. The molecule has 0 aliphatic rings. The van der Waals surface area contributed by atoms with E-state index in [9.17, 15) is 4.79 Å². The van der Waals surface area contributed by atoms with Gasteiger partial charge >= 0.3 is 0 Å². The van der Waals surface area contributed by atoms with Gasteiger partial charge in [-0.3, -0.25) is 4.79 Å². The molecule has 4 nitrogen and oxygen atoms in total. The predicted molar refractivity (Wildman–Crippen MR) is 91.2 cm³/mol. The highest BCUT2D eigenvalue weighted by atomic mass is 32.2. The summed E-state index contributed by atoms with van der Waals surface area (Å²) in [5.74, 6) is 0.0404. The lowest BCUT2D eigenvalue weighted by atomic mass is 10.1. The quantitative estimate of drug-likeness (QED) is 0.804. The molecule has 0 spiro atoms. The molecule has 5 heteroatoms. The number of aromatic amines is 1. The maximum atomic E-state index is 12.0. The Morgan fingerprint density at radius 1 is 1.27 bits per heavy atom. The van der Waals surface area contributed by atoms with Crippen molar-refractivity contribution in [3.63, 3.8) is 0 Å². The highest BCUT2D eigenvalue weighted by Gasteiger charge is 2.17. The van der Waals surface area contributed by atoms with E-state index in [0.717, 1.165) is 23.0 Å². The Balaban J connectivity index is 2.02. The fourth-order valence-corrected chi connectivity index (χ4v) is 2.99. The second kappa shape index (κ2) is 7.49. The summed E-state index contributed by atoms with van der Waals surface area (Å²) in [6.45, 7) is 7.85. The zero-order chi connectivity index (χ0) is 16.1. The summed E-state index contributed by atoms with van der Waals surface area (Å²) in [5, 5.41) is 3.55. The van der Waals surface area contributed by atoms with Gasteiger partial charge in [0.05, 0.1) is 10.9 Å². The Morgan fingerprint density at radius 3 is 2.59 bits per heavy atom. The molecular weight excluding hydrogens is 294 g/mol. The Morgan fingerprint density at radius 2 is 1.95 bits per heavy atom. The van der Waals surface area contributed by atoms with Crippen molar-refractivity contribution in [2.45, 2.75) is 50.6 Å². The molecule has 0 saturated heterocycles. The molecule has 1 aromatic carbocycles. The zero-order valence-electron chi connectivity index (χ0n) is 13.5. The van der Waals surface area contributed by atoms with E-state index in [0.29, 0.717) is 0 Å². The maximum absolute atomic E-state index is 12.0. The van der Waals surface area contributed by atoms with Gasteiger partial charge in [-0.1, -0.05) is 42.1 Å². The van der Waals surface area contributed by atoms with Crippen molar-refractivity contribution in [3.8, 4) is 0 Å². The van der Waals surface area contributed by atoms with E-state index in [-0.39, 0.29) is 17.2 Å². The molecule has 0 bridgehead atoms. The Labute approximate surface area is 136 Å². The van der Waals surface area contributed by atoms with E-state index in [4.69, 9.17) is 0 Å². The molecule has 1 heterocycles. The third-order valence-corrected chi connectivity index (χ3v) is 4.25. The first-order valence-corrected chi connectivity index (χ1v) is 8.40. The molecule has 0 aliphatic carbocycles. The first kappa shape index (κ1) is 16.6. The lowest BCUT2D eigenvalue weighted by Gasteiger charge is -2.12. The van der Waals surface area contributed by atoms with Crippen LogP contribution in [0.4, 0.5) is 0 Å². The van der Waals surface area contributed by atoms with Gasteiger partial charge in [0, 0.05) is 18.2 Å². The van der Waals surface area contributed by atoms with Gasteiger partial charge in [-0.2, -0.15) is 0 Å². The van der Waals surface area contributed by atoms with Crippen molar-refractivity contribution in [2.24, 2.45) is 0 Å². The van der Waals surface area contributed by atoms with Crippen LogP contribution >= 0.6 is 11.8 Å². The van der Waals surface area contributed by atoms with E-state index in [2.05, 4.69) is 27.4 Å². The first-order valence-electron chi connectivity index (χ1n) is 7.52. The van der Waals surface area contributed by atoms with Crippen molar-refractivity contribution >= 4 is 17.7 Å². The summed E-state index contributed by atoms with van der Waals surface area (Å²) in [6, 6.07) is 10.4. The number of H-pyrrole nitrogens is 1. The molecule has 1 atom stereocenters. The standard InChI is InChI=1S/C17H23N3OS/c1-11(2)18-16(21)13(4)22-17-19-12(3)15(20-17)10-14-8-6-5-7-9-14/h5-9,11,13H,10H2,1-4H3,(H,18,21)(H,19,20)/t13-/m1/s1. The molecule has 0 radical (unpaired) electrons. The molecule has 0 unspecified atom stereocenters. The summed E-state index contributed by atoms with van der Waals surface area (Å²) >= 11 is 1.46. The number of hydrogen-bond acceptors (Lipinski definition) is 3. The van der Waals surface area contributed by atoms with E-state index < -0.39 is 0 Å². The minimum absolute atomic E-state index is 0.0404. The number of imidazole rings is 1. The highest BCUT2D eigenvalue weighted by Crippen LogP contribution is 2.23. The maximum Gasteiger partial charge on any atom is 0.233 e. The SMILES string of the molecule is Cc1[nH]c(S[C@H](C)C(=O)NC(C)C)nc1Cc1ccccc1. The lowest BCUT2D eigenvalue weighted by molar-refractivity contribution is -0.120. The third-order valence-electron chi connectivity index (χ3n) is 3.27. The van der Waals surface area contributed by atoms with E-state index in [1.165, 1.54) is 17.3 Å². The Kier molecular flexibility index (Phi) is 5.66. The molecule has 2 N–H and O–H groups in total. The number of hydrogen-bond donors (Lipinski definition) is 2. The van der Waals surface area contributed by atoms with Crippen LogP contribution in [0.2, 0.25) is 0 Å². The molecular formula is C17H23N3OS. The van der Waals surface area contributed by atoms with Gasteiger partial charge in [0.25, 0.3) is 0 Å². The molecule has 2 rings (SSSR count). The van der Waals surface area contributed by atoms with Crippen molar-refractivity contribution in [1.29, 1.82) is 0 Å². The summed E-state index contributed by atoms with van der Waals surface area (Å²) in [7, 11) is 0. The smallest absolute Gasteiger partial charge is 0.233 e. The second-order valence-electron chi connectivity index (χ2n) is 5.70. The summed E-state index contributed by atoms with van der Waals surface area (Å²) in [6.07, 6.45) is 0.802. The number of thioether (sulfide) groups is 1. The van der Waals surface area contributed by atoms with Crippen LogP contribution in [0.5, 0.6) is 0 Å². The van der Waals surface area contributed by atoms with Gasteiger partial charge in [-0.15, -0.1) is 0 Å². The number of carbonyl (C=O) groups is 1. The molecule has 1 aromatic heterocycles. The largest absolute Gasteiger partial charge is 0.353 e. The minimum Gasteiger partial charge on any atom is -0.353 e. The van der Waals surface area contributed by atoms with Gasteiger partial charge in [0.1, 0.15) is 0 Å². The number of carbonyl (C=O) groups excluding carboxylic acids is 1. The van der Waals surface area contributed by atoms with Crippen LogP contribution in [0.1, 0.15) is 37.7 Å². The van der Waals surface area contributed by atoms with Crippen molar-refractivity contribution in [3.05, 3.63) is 47.3 Å². The van der Waals surface area contributed by atoms with Gasteiger partial charge in [-0.25, -0.2) is 4.98 Å². The van der Waals surface area contributed by atoms with E-state index in [1.54, 1.807) is 0 Å². The van der Waals surface area contributed by atoms with Crippen molar-refractivity contribution in [2.75, 3.05) is 0 Å². The molecule has 1 amide bonds. The average molecular weight is 317 g/mol. The lowest BCUT2D eigenvalue weighted by Crippen LogP contribution is -2.35. The van der Waals surface area contributed by atoms with Gasteiger partial charge in [0.15, 0.2) is 5.16 Å². The fraction of sp³-hybridized carbons (Fsp3) is 0.412. The van der Waals surface area contributed by atoms with Crippen LogP contribution in [-0.4, -0.2) is 27.2 Å². The summed E-state index contributed by atoms with van der Waals surface area (Å²) in [4.78, 5) is 19.9. The molecule has 0 aliphatic heterocycles. The highest BCUT2D eigenvalue weighted by molar-refractivity contribution is 8.00. The van der Waals surface area contributed by atoms with Gasteiger partial charge in [-0.05, 0) is 33.3 Å². The average Bonchev–Trinajstić information content (AvgIpc) is 2.79. The third kappa shape index (κ3) is 4.63. The monoisotopic (exact) mass is 317 g/mol. The molecule has 2 aromatic rings. The summed E-state index contributed by atoms with van der Waals surface area (Å²) in [5.41, 5.74) is 3.33. The first-order chi connectivity index (χ1) is 10.5. The molecule has 118 valence electrons. The van der Waals surface area contributed by atoms with Crippen molar-refractivity contribution in [1.82, 2.24) is 15.3 Å². The molecule has 0 fully saturated rings. The number of aryl methyl sites for hydroxylation is 1. The van der Waals surface area contributed by atoms with Crippen LogP contribution in [0.15, 0.2) is 35.5 Å². The fourth-order valence-electron chi connectivity index (χ4n) is 2.11. The molecule has 0 saturated carbocycles. The summed E-state index contributed by atoms with van der Waals surface area (Å²) < 4.78 is 0. The van der Waals surface area contributed by atoms with Gasteiger partial charge in [0.2, 0.25) is 5.91 Å². The van der Waals surface area contributed by atoms with Crippen LogP contribution in [0.25, 0.3) is 0 Å². The number of nitrogens with one attached hydrogen (secondary N) is 2. The topological polar surface area (TPSA) is 57.8 Å². The predicted octanol–water partition coefficient (Wildman–Crippen LogP) is 3.31. The normalized spacial score (nSPS) is 12.4. The van der Waals surface area contributed by atoms with E-state index in [1.807, 2.05) is 45.9 Å². The molecule has 22 heavy (non-hydrogen) atoms. The van der Waals surface area contributed by atoms with Crippen LogP contribution in [0, 0.1) is 6.92 Å². The number of benzene rings is 1. The van der Waals surface area contributed by atoms with E-state index >= 15 is 0 Å². The number of rotatable bonds is 6. The Bertz CT molecular complexity index is 622. The van der Waals surface area contributed by atoms with Crippen LogP contribution < -0.4 is 5.32 Å². The minimum atomic E-state index is -0.169. The second-order valence-corrected chi connectivity index (χ2v) is 7.03. The zero-order valence-corrected chi connectivity index (χ0v) is 14.3. The Hall–Kier alpha value is -1.75. The van der Waals surface area contributed by atoms with Crippen molar-refractivity contribution < 1.29 is 4.79 Å². The van der Waals surface area contributed by atoms with Crippen LogP contribution in [0.3, 0.4) is 0 Å². The van der Waals surface area contributed by atoms with Crippen LogP contribution in [-0.2, 0) is 11.2 Å². The number of nitrogens with zero attached hydrogens (tertiary/aromatic N) is 1.